The second-order valence-electron chi connectivity index (χ2n) is 12.1. The molecule has 0 radical (unpaired) electrons. The van der Waals surface area contributed by atoms with Crippen molar-refractivity contribution in [3.05, 3.63) is 11.6 Å². The molecule has 200 valence electrons. The molecule has 4 aliphatic carbocycles. The zero-order valence-electron chi connectivity index (χ0n) is 21.6. The molecule has 0 aromatic rings. The van der Waals surface area contributed by atoms with Crippen molar-refractivity contribution in [2.45, 2.75) is 103 Å². The SMILES string of the molecule is CC12CCC(=O)C=C1CCC1C2C(O)CC2(C)C1CCC2(O)C(=O)COC(=O)CCCCCC(N)=O. The number of aliphatic hydroxyl groups is 2. The second kappa shape index (κ2) is 10.0. The average Bonchev–Trinajstić information content (AvgIpc) is 3.08. The lowest BCUT2D eigenvalue weighted by atomic mass is 9.45. The molecule has 4 aliphatic rings. The molecule has 3 saturated carbocycles. The van der Waals surface area contributed by atoms with E-state index in [4.69, 9.17) is 10.5 Å². The predicted octanol–water partition coefficient (Wildman–Crippen LogP) is 2.77. The molecule has 8 nitrogen and oxygen atoms in total. The first kappa shape index (κ1) is 27.0. The molecule has 1 amide bonds. The number of rotatable bonds is 9. The monoisotopic (exact) mass is 503 g/mol. The van der Waals surface area contributed by atoms with Crippen molar-refractivity contribution in [2.24, 2.45) is 34.3 Å². The Bertz CT molecular complexity index is 960. The fraction of sp³-hybridized carbons (Fsp3) is 0.786. The van der Waals surface area contributed by atoms with Crippen LogP contribution in [0, 0.1) is 28.6 Å². The lowest BCUT2D eigenvalue weighted by Crippen LogP contribution is -2.62. The van der Waals surface area contributed by atoms with Gasteiger partial charge in [0.15, 0.2) is 12.4 Å². The number of carbonyl (C=O) groups excluding carboxylic acids is 4. The maximum Gasteiger partial charge on any atom is 0.306 e. The smallest absolute Gasteiger partial charge is 0.306 e. The van der Waals surface area contributed by atoms with E-state index in [1.807, 2.05) is 6.92 Å². The minimum atomic E-state index is -1.65. The molecular weight excluding hydrogens is 462 g/mol. The zero-order chi connectivity index (χ0) is 26.3. The van der Waals surface area contributed by atoms with Gasteiger partial charge in [0.2, 0.25) is 11.7 Å². The molecule has 0 spiro atoms. The first-order valence-electron chi connectivity index (χ1n) is 13.5. The largest absolute Gasteiger partial charge is 0.458 e. The number of unbranched alkanes of at least 4 members (excludes halogenated alkanes) is 2. The first-order chi connectivity index (χ1) is 16.9. The van der Waals surface area contributed by atoms with Gasteiger partial charge in [0.1, 0.15) is 5.60 Å². The van der Waals surface area contributed by atoms with Crippen molar-refractivity contribution in [3.63, 3.8) is 0 Å². The highest BCUT2D eigenvalue weighted by Gasteiger charge is 2.68. The van der Waals surface area contributed by atoms with Gasteiger partial charge in [0.05, 0.1) is 6.10 Å². The van der Waals surface area contributed by atoms with Gasteiger partial charge in [0, 0.05) is 24.7 Å². The summed E-state index contributed by atoms with van der Waals surface area (Å²) in [4.78, 5) is 48.2. The van der Waals surface area contributed by atoms with E-state index in [-0.39, 0.29) is 47.7 Å². The van der Waals surface area contributed by atoms with Crippen LogP contribution in [-0.4, -0.2) is 52.0 Å². The van der Waals surface area contributed by atoms with Crippen LogP contribution >= 0.6 is 0 Å². The Kier molecular flexibility index (Phi) is 7.50. The summed E-state index contributed by atoms with van der Waals surface area (Å²) in [6, 6.07) is 0. The number of fused-ring (bicyclic) bond motifs is 5. The number of nitrogens with two attached hydrogens (primary N) is 1. The van der Waals surface area contributed by atoms with E-state index in [1.165, 1.54) is 0 Å². The summed E-state index contributed by atoms with van der Waals surface area (Å²) < 4.78 is 5.22. The number of aliphatic hydroxyl groups excluding tert-OH is 1. The number of allylic oxidation sites excluding steroid dienone is 1. The summed E-state index contributed by atoms with van der Waals surface area (Å²) in [7, 11) is 0. The fourth-order valence-corrected chi connectivity index (χ4v) is 8.23. The number of hydrogen-bond acceptors (Lipinski definition) is 7. The second-order valence-corrected chi connectivity index (χ2v) is 12.1. The van der Waals surface area contributed by atoms with Crippen LogP contribution in [0.15, 0.2) is 11.6 Å². The van der Waals surface area contributed by atoms with Crippen molar-refractivity contribution in [1.29, 1.82) is 0 Å². The van der Waals surface area contributed by atoms with E-state index in [1.54, 1.807) is 6.08 Å². The molecule has 0 saturated heterocycles. The minimum absolute atomic E-state index is 0.00789. The lowest BCUT2D eigenvalue weighted by Gasteiger charge is -2.60. The van der Waals surface area contributed by atoms with Crippen LogP contribution in [0.1, 0.15) is 90.9 Å². The molecule has 0 aromatic heterocycles. The van der Waals surface area contributed by atoms with Crippen LogP contribution in [0.2, 0.25) is 0 Å². The maximum atomic E-state index is 13.3. The average molecular weight is 504 g/mol. The Balaban J connectivity index is 1.41. The van der Waals surface area contributed by atoms with Gasteiger partial charge < -0.3 is 20.7 Å². The van der Waals surface area contributed by atoms with Gasteiger partial charge >= 0.3 is 5.97 Å². The molecule has 4 N–H and O–H groups in total. The molecule has 3 fully saturated rings. The first-order valence-corrected chi connectivity index (χ1v) is 13.5. The van der Waals surface area contributed by atoms with Crippen molar-refractivity contribution in [2.75, 3.05) is 6.61 Å². The number of ether oxygens (including phenoxy) is 1. The topological polar surface area (TPSA) is 144 Å². The van der Waals surface area contributed by atoms with Crippen molar-refractivity contribution >= 4 is 23.4 Å². The number of ketones is 2. The quantitative estimate of drug-likeness (QED) is 0.324. The van der Waals surface area contributed by atoms with Gasteiger partial charge in [-0.2, -0.15) is 0 Å². The minimum Gasteiger partial charge on any atom is -0.458 e. The summed E-state index contributed by atoms with van der Waals surface area (Å²) in [5.74, 6) is -0.944. The lowest BCUT2D eigenvalue weighted by molar-refractivity contribution is -0.184. The van der Waals surface area contributed by atoms with Crippen LogP contribution in [0.3, 0.4) is 0 Å². The number of hydrogen-bond donors (Lipinski definition) is 3. The van der Waals surface area contributed by atoms with E-state index in [0.717, 1.165) is 24.8 Å². The molecule has 36 heavy (non-hydrogen) atoms. The van der Waals surface area contributed by atoms with Crippen LogP contribution in [-0.2, 0) is 23.9 Å². The maximum absolute atomic E-state index is 13.3. The van der Waals surface area contributed by atoms with Crippen LogP contribution in [0.25, 0.3) is 0 Å². The van der Waals surface area contributed by atoms with Gasteiger partial charge in [0.25, 0.3) is 0 Å². The third kappa shape index (κ3) is 4.55. The highest BCUT2D eigenvalue weighted by molar-refractivity contribution is 5.92. The van der Waals surface area contributed by atoms with Crippen LogP contribution in [0.5, 0.6) is 0 Å². The normalized spacial score (nSPS) is 39.4. The van der Waals surface area contributed by atoms with Gasteiger partial charge in [-0.1, -0.05) is 25.8 Å². The van der Waals surface area contributed by atoms with E-state index in [9.17, 15) is 29.4 Å². The number of carbonyl (C=O) groups is 4. The molecule has 0 aromatic carbocycles. The van der Waals surface area contributed by atoms with Crippen molar-refractivity contribution in [3.8, 4) is 0 Å². The Hall–Kier alpha value is -2.06. The fourth-order valence-electron chi connectivity index (χ4n) is 8.23. The van der Waals surface area contributed by atoms with Gasteiger partial charge in [-0.15, -0.1) is 0 Å². The molecule has 0 bridgehead atoms. The highest BCUT2D eigenvalue weighted by Crippen LogP contribution is 2.67. The Labute approximate surface area is 213 Å². The van der Waals surface area contributed by atoms with E-state index in [0.29, 0.717) is 44.9 Å². The number of esters is 1. The zero-order valence-corrected chi connectivity index (χ0v) is 21.6. The number of amides is 1. The van der Waals surface area contributed by atoms with E-state index < -0.39 is 35.5 Å². The number of Topliss-reactive ketones (excluding diaryl/α,β-unsaturated/α-hetero) is 1. The molecule has 7 unspecified atom stereocenters. The molecule has 7 atom stereocenters. The Morgan fingerprint density at radius 2 is 1.81 bits per heavy atom. The Morgan fingerprint density at radius 3 is 2.53 bits per heavy atom. The molecule has 8 heteroatoms. The van der Waals surface area contributed by atoms with Crippen molar-refractivity contribution < 1.29 is 34.1 Å². The standard InChI is InChI=1S/C28H41NO7/c1-26-12-10-18(30)14-17(26)8-9-19-20-11-13-28(35,27(20,2)15-21(31)25(19)26)22(32)16-36-24(34)7-5-3-4-6-23(29)33/h14,19-21,25,31,35H,3-13,15-16H2,1-2H3,(H2,29,33). The van der Waals surface area contributed by atoms with Crippen LogP contribution in [0.4, 0.5) is 0 Å². The summed E-state index contributed by atoms with van der Waals surface area (Å²) in [6.45, 7) is 3.62. The summed E-state index contributed by atoms with van der Waals surface area (Å²) in [5.41, 5.74) is 3.58. The number of primary amides is 1. The third-order valence-electron chi connectivity index (χ3n) is 10.2. The van der Waals surface area contributed by atoms with E-state index in [2.05, 4.69) is 6.92 Å². The highest BCUT2D eigenvalue weighted by atomic mass is 16.5. The molecule has 0 heterocycles. The van der Waals surface area contributed by atoms with E-state index >= 15 is 0 Å². The van der Waals surface area contributed by atoms with Gasteiger partial charge in [-0.05, 0) is 80.6 Å². The predicted molar refractivity (Wildman–Crippen MR) is 131 cm³/mol. The molecule has 0 aliphatic heterocycles. The van der Waals surface area contributed by atoms with Gasteiger partial charge in [-0.25, -0.2) is 0 Å². The summed E-state index contributed by atoms with van der Waals surface area (Å²) >= 11 is 0. The molecular formula is C28H41NO7. The summed E-state index contributed by atoms with van der Waals surface area (Å²) in [5, 5.41) is 23.2. The third-order valence-corrected chi connectivity index (χ3v) is 10.2. The van der Waals surface area contributed by atoms with Gasteiger partial charge in [-0.3, -0.25) is 19.2 Å². The summed E-state index contributed by atoms with van der Waals surface area (Å²) in [6.07, 6.45) is 7.53. The van der Waals surface area contributed by atoms with Crippen LogP contribution < -0.4 is 5.73 Å². The molecule has 4 rings (SSSR count). The Morgan fingerprint density at radius 1 is 1.08 bits per heavy atom. The van der Waals surface area contributed by atoms with Crippen molar-refractivity contribution in [1.82, 2.24) is 0 Å².